The predicted molar refractivity (Wildman–Crippen MR) is 109 cm³/mol. The zero-order valence-electron chi connectivity index (χ0n) is 15.4. The maximum Gasteiger partial charge on any atom is 0.256 e. The monoisotopic (exact) mass is 363 g/mol. The summed E-state index contributed by atoms with van der Waals surface area (Å²) in [4.78, 5) is 18.0. The number of pyridine rings is 1. The van der Waals surface area contributed by atoms with E-state index >= 15 is 0 Å². The Morgan fingerprint density at radius 3 is 2.41 bits per heavy atom. The molecule has 5 heteroatoms. The van der Waals surface area contributed by atoms with Crippen molar-refractivity contribution in [1.29, 1.82) is 0 Å². The smallest absolute Gasteiger partial charge is 0.256 e. The molecule has 2 heterocycles. The number of hydrogen-bond donors (Lipinski definition) is 2. The van der Waals surface area contributed by atoms with Gasteiger partial charge in [-0.3, -0.25) is 4.79 Å². The molecule has 4 rings (SSSR count). The molecular weight excluding hydrogens is 338 g/mol. The molecule has 0 spiro atoms. The molecule has 0 unspecified atom stereocenters. The van der Waals surface area contributed by atoms with Crippen LogP contribution in [0.2, 0.25) is 0 Å². The van der Waals surface area contributed by atoms with Gasteiger partial charge in [-0.15, -0.1) is 0 Å². The second-order valence-corrected chi connectivity index (χ2v) is 6.86. The number of piperazine rings is 1. The van der Waals surface area contributed by atoms with Gasteiger partial charge in [0.05, 0.1) is 17.7 Å². The van der Waals surface area contributed by atoms with Crippen LogP contribution in [0.25, 0.3) is 22.0 Å². The molecule has 3 aromatic rings. The summed E-state index contributed by atoms with van der Waals surface area (Å²) in [6.45, 7) is 5.96. The minimum Gasteiger partial charge on any atom is -0.491 e. The summed E-state index contributed by atoms with van der Waals surface area (Å²) in [6, 6.07) is 17.5. The van der Waals surface area contributed by atoms with Crippen molar-refractivity contribution < 1.29 is 4.74 Å². The number of H-pyrrole nitrogens is 1. The lowest BCUT2D eigenvalue weighted by atomic mass is 10.1. The first-order valence-electron chi connectivity index (χ1n) is 9.59. The van der Waals surface area contributed by atoms with Crippen molar-refractivity contribution in [3.05, 3.63) is 65.0 Å². The van der Waals surface area contributed by atoms with E-state index in [4.69, 9.17) is 4.74 Å². The van der Waals surface area contributed by atoms with Crippen LogP contribution in [0.15, 0.2) is 59.4 Å². The van der Waals surface area contributed by atoms with E-state index in [2.05, 4.69) is 15.2 Å². The van der Waals surface area contributed by atoms with Gasteiger partial charge in [0.25, 0.3) is 5.56 Å². The number of aromatic amines is 1. The van der Waals surface area contributed by atoms with E-state index in [0.29, 0.717) is 12.0 Å². The van der Waals surface area contributed by atoms with Crippen LogP contribution in [0.1, 0.15) is 6.42 Å². The normalized spacial score (nSPS) is 15.1. The zero-order valence-corrected chi connectivity index (χ0v) is 15.4. The molecular formula is C22H25N3O2. The van der Waals surface area contributed by atoms with Crippen molar-refractivity contribution in [3.8, 4) is 17.0 Å². The van der Waals surface area contributed by atoms with Crippen molar-refractivity contribution in [1.82, 2.24) is 15.2 Å². The fraction of sp³-hybridized carbons (Fsp3) is 0.318. The second kappa shape index (κ2) is 8.37. The highest BCUT2D eigenvalue weighted by atomic mass is 16.5. The van der Waals surface area contributed by atoms with Gasteiger partial charge >= 0.3 is 0 Å². The highest BCUT2D eigenvalue weighted by molar-refractivity contribution is 5.92. The van der Waals surface area contributed by atoms with E-state index in [-0.39, 0.29) is 5.56 Å². The third kappa shape index (κ3) is 4.04. The Hall–Kier alpha value is -2.63. The molecule has 1 aliphatic rings. The van der Waals surface area contributed by atoms with E-state index < -0.39 is 0 Å². The van der Waals surface area contributed by atoms with Gasteiger partial charge in [0.15, 0.2) is 5.75 Å². The lowest BCUT2D eigenvalue weighted by Gasteiger charge is -2.27. The highest BCUT2D eigenvalue weighted by Crippen LogP contribution is 2.33. The molecule has 140 valence electrons. The van der Waals surface area contributed by atoms with Crippen LogP contribution < -0.4 is 15.6 Å². The fourth-order valence-corrected chi connectivity index (χ4v) is 3.61. The van der Waals surface area contributed by atoms with Crippen molar-refractivity contribution >= 4 is 10.8 Å². The van der Waals surface area contributed by atoms with Crippen molar-refractivity contribution in [2.75, 3.05) is 39.3 Å². The predicted octanol–water partition coefficient (Wildman–Crippen LogP) is 2.87. The standard InChI is InChI=1S/C22H25N3O2/c26-22-19-10-5-4-9-18(19)21(20(24-22)17-7-2-1-3-8-17)27-16-6-13-25-14-11-23-12-15-25/h1-5,7-10,23H,6,11-16H2,(H,24,26). The summed E-state index contributed by atoms with van der Waals surface area (Å²) in [7, 11) is 0. The number of nitrogens with zero attached hydrogens (tertiary/aromatic N) is 1. The summed E-state index contributed by atoms with van der Waals surface area (Å²) < 4.78 is 6.24. The molecule has 0 amide bonds. The number of fused-ring (bicyclic) bond motifs is 1. The lowest BCUT2D eigenvalue weighted by molar-refractivity contribution is 0.214. The Morgan fingerprint density at radius 1 is 0.926 bits per heavy atom. The number of rotatable bonds is 6. The maximum atomic E-state index is 12.5. The van der Waals surface area contributed by atoms with Crippen LogP contribution in [0.3, 0.4) is 0 Å². The van der Waals surface area contributed by atoms with Crippen LogP contribution in [-0.4, -0.2) is 49.2 Å². The van der Waals surface area contributed by atoms with Gasteiger partial charge in [-0.2, -0.15) is 0 Å². The number of aromatic nitrogens is 1. The van der Waals surface area contributed by atoms with Crippen LogP contribution in [0.4, 0.5) is 0 Å². The molecule has 1 saturated heterocycles. The fourth-order valence-electron chi connectivity index (χ4n) is 3.61. The molecule has 0 radical (unpaired) electrons. The minimum atomic E-state index is -0.0855. The number of benzene rings is 2. The first-order chi connectivity index (χ1) is 13.3. The third-order valence-electron chi connectivity index (χ3n) is 5.02. The summed E-state index contributed by atoms with van der Waals surface area (Å²) in [6.07, 6.45) is 0.960. The third-order valence-corrected chi connectivity index (χ3v) is 5.02. The maximum absolute atomic E-state index is 12.5. The summed E-state index contributed by atoms with van der Waals surface area (Å²) in [5.41, 5.74) is 1.62. The molecule has 2 aromatic carbocycles. The Labute approximate surface area is 159 Å². The Morgan fingerprint density at radius 2 is 1.63 bits per heavy atom. The molecule has 1 aromatic heterocycles. The Kier molecular flexibility index (Phi) is 5.51. The quantitative estimate of drug-likeness (QED) is 0.661. The van der Waals surface area contributed by atoms with Gasteiger partial charge in [-0.25, -0.2) is 0 Å². The van der Waals surface area contributed by atoms with Gasteiger partial charge in [-0.05, 0) is 12.5 Å². The number of hydrogen-bond acceptors (Lipinski definition) is 4. The second-order valence-electron chi connectivity index (χ2n) is 6.86. The van der Waals surface area contributed by atoms with Crippen LogP contribution in [0, 0.1) is 0 Å². The van der Waals surface area contributed by atoms with E-state index in [9.17, 15) is 4.79 Å². The molecule has 0 atom stereocenters. The summed E-state index contributed by atoms with van der Waals surface area (Å²) in [5.74, 6) is 0.761. The molecule has 1 fully saturated rings. The van der Waals surface area contributed by atoms with Gasteiger partial charge in [0.2, 0.25) is 0 Å². The molecule has 1 aliphatic heterocycles. The van der Waals surface area contributed by atoms with Crippen LogP contribution in [-0.2, 0) is 0 Å². The Balaban J connectivity index is 1.59. The average Bonchev–Trinajstić information content (AvgIpc) is 2.74. The van der Waals surface area contributed by atoms with Gasteiger partial charge < -0.3 is 19.9 Å². The minimum absolute atomic E-state index is 0.0855. The molecule has 27 heavy (non-hydrogen) atoms. The zero-order chi connectivity index (χ0) is 18.5. The average molecular weight is 363 g/mol. The van der Waals surface area contributed by atoms with E-state index in [1.165, 1.54) is 0 Å². The van der Waals surface area contributed by atoms with Gasteiger partial charge in [-0.1, -0.05) is 48.5 Å². The van der Waals surface area contributed by atoms with Gasteiger partial charge in [0, 0.05) is 43.7 Å². The topological polar surface area (TPSA) is 57.4 Å². The first kappa shape index (κ1) is 17.8. The molecule has 0 saturated carbocycles. The molecule has 2 N–H and O–H groups in total. The van der Waals surface area contributed by atoms with Crippen LogP contribution in [0.5, 0.6) is 5.75 Å². The molecule has 0 bridgehead atoms. The van der Waals surface area contributed by atoms with Crippen LogP contribution >= 0.6 is 0 Å². The summed E-state index contributed by atoms with van der Waals surface area (Å²) >= 11 is 0. The highest BCUT2D eigenvalue weighted by Gasteiger charge is 2.15. The SMILES string of the molecule is O=c1[nH]c(-c2ccccc2)c(OCCCN2CCNCC2)c2ccccc12. The first-order valence-corrected chi connectivity index (χ1v) is 9.59. The molecule has 0 aliphatic carbocycles. The summed E-state index contributed by atoms with van der Waals surface area (Å²) in [5, 5.41) is 4.90. The largest absolute Gasteiger partial charge is 0.491 e. The van der Waals surface area contributed by atoms with E-state index in [0.717, 1.165) is 61.5 Å². The van der Waals surface area contributed by atoms with E-state index in [1.807, 2.05) is 54.6 Å². The van der Waals surface area contributed by atoms with Crippen molar-refractivity contribution in [2.24, 2.45) is 0 Å². The van der Waals surface area contributed by atoms with Gasteiger partial charge in [0.1, 0.15) is 0 Å². The Bertz CT molecular complexity index is 947. The lowest BCUT2D eigenvalue weighted by Crippen LogP contribution is -2.43. The van der Waals surface area contributed by atoms with Crippen molar-refractivity contribution in [2.45, 2.75) is 6.42 Å². The number of nitrogens with one attached hydrogen (secondary N) is 2. The molecule has 5 nitrogen and oxygen atoms in total. The van der Waals surface area contributed by atoms with Crippen molar-refractivity contribution in [3.63, 3.8) is 0 Å². The van der Waals surface area contributed by atoms with E-state index in [1.54, 1.807) is 0 Å². The number of ether oxygens (including phenoxy) is 1.